The number of rotatable bonds is 5. The van der Waals surface area contributed by atoms with Crippen molar-refractivity contribution < 1.29 is 9.47 Å². The first-order chi connectivity index (χ1) is 12.7. The maximum Gasteiger partial charge on any atom is 0.193 e. The van der Waals surface area contributed by atoms with Gasteiger partial charge < -0.3 is 19.7 Å². The quantitative estimate of drug-likeness (QED) is 0.650. The van der Waals surface area contributed by atoms with Crippen molar-refractivity contribution in [3.05, 3.63) is 29.8 Å². The molecule has 3 atom stereocenters. The molecule has 2 aliphatic carbocycles. The number of nitrogens with one attached hydrogen (secondary N) is 1. The summed E-state index contributed by atoms with van der Waals surface area (Å²) >= 11 is 0. The minimum absolute atomic E-state index is 0.371. The molecule has 1 heterocycles. The van der Waals surface area contributed by atoms with Crippen LogP contribution >= 0.6 is 0 Å². The zero-order valence-corrected chi connectivity index (χ0v) is 16.2. The van der Waals surface area contributed by atoms with Crippen LogP contribution in [0.3, 0.4) is 0 Å². The molecule has 142 valence electrons. The second-order valence-electron chi connectivity index (χ2n) is 8.04. The van der Waals surface area contributed by atoms with Crippen molar-refractivity contribution in [3.8, 4) is 5.75 Å². The first-order valence-electron chi connectivity index (χ1n) is 9.90. The summed E-state index contributed by atoms with van der Waals surface area (Å²) < 4.78 is 12.0. The molecule has 2 saturated carbocycles. The van der Waals surface area contributed by atoms with Gasteiger partial charge >= 0.3 is 0 Å². The SMILES string of the molecule is CN=C(NC1C2CCOC2C12CCC2)N(C)CCOc1ccccc1C. The minimum atomic E-state index is 0.371. The fourth-order valence-corrected chi connectivity index (χ4v) is 5.06. The number of hydrogen-bond acceptors (Lipinski definition) is 3. The van der Waals surface area contributed by atoms with Gasteiger partial charge in [0.05, 0.1) is 12.6 Å². The zero-order chi connectivity index (χ0) is 18.1. The molecule has 1 aromatic carbocycles. The highest BCUT2D eigenvalue weighted by Gasteiger charge is 2.66. The van der Waals surface area contributed by atoms with E-state index in [0.717, 1.165) is 24.9 Å². The molecule has 3 unspecified atom stereocenters. The molecular formula is C21H31N3O2. The number of hydrogen-bond donors (Lipinski definition) is 1. The van der Waals surface area contributed by atoms with Crippen molar-refractivity contribution in [1.29, 1.82) is 0 Å². The summed E-state index contributed by atoms with van der Waals surface area (Å²) in [5.41, 5.74) is 1.54. The molecule has 4 rings (SSSR count). The average molecular weight is 357 g/mol. The Bertz CT molecular complexity index is 671. The second-order valence-corrected chi connectivity index (χ2v) is 8.04. The Morgan fingerprint density at radius 2 is 2.19 bits per heavy atom. The Morgan fingerprint density at radius 1 is 1.38 bits per heavy atom. The zero-order valence-electron chi connectivity index (χ0n) is 16.2. The highest BCUT2D eigenvalue weighted by Crippen LogP contribution is 2.62. The van der Waals surface area contributed by atoms with Crippen molar-refractivity contribution in [3.63, 3.8) is 0 Å². The predicted octanol–water partition coefficient (Wildman–Crippen LogP) is 2.84. The van der Waals surface area contributed by atoms with E-state index >= 15 is 0 Å². The van der Waals surface area contributed by atoms with Crippen molar-refractivity contribution in [2.24, 2.45) is 16.3 Å². The smallest absolute Gasteiger partial charge is 0.193 e. The number of guanidine groups is 1. The maximum absolute atomic E-state index is 6.03. The summed E-state index contributed by atoms with van der Waals surface area (Å²) in [5, 5.41) is 3.77. The number of fused-ring (bicyclic) bond motifs is 2. The van der Waals surface area contributed by atoms with Crippen LogP contribution in [0.2, 0.25) is 0 Å². The lowest BCUT2D eigenvalue weighted by atomic mass is 9.46. The number of aliphatic imine (C=N–C) groups is 1. The molecule has 3 fully saturated rings. The van der Waals surface area contributed by atoms with Crippen LogP contribution in [-0.4, -0.2) is 56.9 Å². The van der Waals surface area contributed by atoms with Gasteiger partial charge in [-0.2, -0.15) is 0 Å². The van der Waals surface area contributed by atoms with Gasteiger partial charge in [0.25, 0.3) is 0 Å². The largest absolute Gasteiger partial charge is 0.491 e. The topological polar surface area (TPSA) is 46.1 Å². The Kier molecular flexibility index (Phi) is 4.82. The monoisotopic (exact) mass is 357 g/mol. The molecule has 0 bridgehead atoms. The molecule has 0 aromatic heterocycles. The first-order valence-corrected chi connectivity index (χ1v) is 9.90. The molecular weight excluding hydrogens is 326 g/mol. The molecule has 0 amide bonds. The number of ether oxygens (including phenoxy) is 2. The third-order valence-corrected chi connectivity index (χ3v) is 6.67. The highest BCUT2D eigenvalue weighted by atomic mass is 16.5. The van der Waals surface area contributed by atoms with Gasteiger partial charge in [0, 0.05) is 38.1 Å². The van der Waals surface area contributed by atoms with E-state index in [-0.39, 0.29) is 0 Å². The van der Waals surface area contributed by atoms with Crippen molar-refractivity contribution >= 4 is 5.96 Å². The van der Waals surface area contributed by atoms with E-state index in [1.54, 1.807) is 0 Å². The molecule has 1 aromatic rings. The highest BCUT2D eigenvalue weighted by molar-refractivity contribution is 5.80. The third kappa shape index (κ3) is 2.86. The molecule has 3 aliphatic rings. The van der Waals surface area contributed by atoms with Gasteiger partial charge in [-0.05, 0) is 37.8 Å². The van der Waals surface area contributed by atoms with Gasteiger partial charge in [0.15, 0.2) is 5.96 Å². The predicted molar refractivity (Wildman–Crippen MR) is 104 cm³/mol. The van der Waals surface area contributed by atoms with Crippen LogP contribution in [0.25, 0.3) is 0 Å². The minimum Gasteiger partial charge on any atom is -0.491 e. The summed E-state index contributed by atoms with van der Waals surface area (Å²) in [7, 11) is 3.96. The number of benzene rings is 1. The Labute approximate surface area is 156 Å². The lowest BCUT2D eigenvalue weighted by molar-refractivity contribution is -0.171. The van der Waals surface area contributed by atoms with Crippen LogP contribution in [0.1, 0.15) is 31.2 Å². The van der Waals surface area contributed by atoms with Crippen LogP contribution in [-0.2, 0) is 4.74 Å². The van der Waals surface area contributed by atoms with Gasteiger partial charge in [-0.25, -0.2) is 0 Å². The summed E-state index contributed by atoms with van der Waals surface area (Å²) in [5.74, 6) is 2.59. The summed E-state index contributed by atoms with van der Waals surface area (Å²) in [4.78, 5) is 6.70. The van der Waals surface area contributed by atoms with Crippen molar-refractivity contribution in [2.45, 2.75) is 44.8 Å². The molecule has 1 aliphatic heterocycles. The number of nitrogens with zero attached hydrogens (tertiary/aromatic N) is 2. The van der Waals surface area contributed by atoms with Crippen LogP contribution in [0, 0.1) is 18.3 Å². The molecule has 26 heavy (non-hydrogen) atoms. The van der Waals surface area contributed by atoms with Gasteiger partial charge in [-0.3, -0.25) is 4.99 Å². The van der Waals surface area contributed by atoms with Gasteiger partial charge in [0.1, 0.15) is 12.4 Å². The van der Waals surface area contributed by atoms with E-state index < -0.39 is 0 Å². The van der Waals surface area contributed by atoms with Gasteiger partial charge in [-0.15, -0.1) is 0 Å². The Morgan fingerprint density at radius 3 is 2.88 bits per heavy atom. The molecule has 1 saturated heterocycles. The lowest BCUT2D eigenvalue weighted by Gasteiger charge is -2.63. The Hall–Kier alpha value is -1.75. The summed E-state index contributed by atoms with van der Waals surface area (Å²) in [6.07, 6.45) is 5.60. The lowest BCUT2D eigenvalue weighted by Crippen LogP contribution is -2.72. The maximum atomic E-state index is 6.03. The summed E-state index contributed by atoms with van der Waals surface area (Å²) in [6.45, 7) is 4.45. The van der Waals surface area contributed by atoms with E-state index in [4.69, 9.17) is 9.47 Å². The molecule has 5 nitrogen and oxygen atoms in total. The summed E-state index contributed by atoms with van der Waals surface area (Å²) in [6, 6.07) is 8.67. The average Bonchev–Trinajstić information content (AvgIpc) is 3.01. The van der Waals surface area contributed by atoms with Gasteiger partial charge in [-0.1, -0.05) is 24.6 Å². The standard InChI is InChI=1S/C21H31N3O2/c1-15-7-4-5-8-17(15)25-14-12-24(3)20(22-2)23-18-16-9-13-26-19(16)21(18)10-6-11-21/h4-5,7-8,16,18-19H,6,9-14H2,1-3H3,(H,22,23). The number of likely N-dealkylation sites (N-methyl/N-ethyl adjacent to an activating group) is 1. The van der Waals surface area contributed by atoms with E-state index in [1.165, 1.54) is 31.2 Å². The van der Waals surface area contributed by atoms with E-state index in [9.17, 15) is 0 Å². The van der Waals surface area contributed by atoms with Crippen molar-refractivity contribution in [1.82, 2.24) is 10.2 Å². The third-order valence-electron chi connectivity index (χ3n) is 6.67. The number of aryl methyl sites for hydroxylation is 1. The Balaban J connectivity index is 1.32. The van der Waals surface area contributed by atoms with Crippen LogP contribution < -0.4 is 10.1 Å². The fourth-order valence-electron chi connectivity index (χ4n) is 5.06. The molecule has 1 N–H and O–H groups in total. The van der Waals surface area contributed by atoms with Crippen molar-refractivity contribution in [2.75, 3.05) is 33.9 Å². The van der Waals surface area contributed by atoms with E-state index in [2.05, 4.69) is 35.2 Å². The van der Waals surface area contributed by atoms with Crippen LogP contribution in [0.5, 0.6) is 5.75 Å². The molecule has 1 spiro atoms. The molecule has 0 radical (unpaired) electrons. The normalized spacial score (nSPS) is 28.9. The first kappa shape index (κ1) is 17.7. The van der Waals surface area contributed by atoms with Gasteiger partial charge in [0.2, 0.25) is 0 Å². The van der Waals surface area contributed by atoms with Crippen LogP contribution in [0.4, 0.5) is 0 Å². The second kappa shape index (κ2) is 7.10. The van der Waals surface area contributed by atoms with E-state index in [0.29, 0.717) is 30.1 Å². The fraction of sp³-hybridized carbons (Fsp3) is 0.667. The van der Waals surface area contributed by atoms with Crippen LogP contribution in [0.15, 0.2) is 29.3 Å². The number of para-hydroxylation sites is 1. The molecule has 5 heteroatoms. The van der Waals surface area contributed by atoms with E-state index in [1.807, 2.05) is 25.2 Å².